The first-order valence-corrected chi connectivity index (χ1v) is 10.3. The third kappa shape index (κ3) is 4.68. The van der Waals surface area contributed by atoms with E-state index in [2.05, 4.69) is 19.1 Å². The zero-order valence-electron chi connectivity index (χ0n) is 14.1. The standard InChI is InChI=1S/C11H9ClS.C10H8ClNS/c1-8-10(7-11(12)13-8)9-5-3-2-4-6-9;11-9-6-8(10(12)13-9)7-4-2-1-3-5-7/h2-7H,1H3;1-6H,12H2. The van der Waals surface area contributed by atoms with Crippen LogP contribution in [0.15, 0.2) is 72.8 Å². The van der Waals surface area contributed by atoms with E-state index in [1.165, 1.54) is 27.3 Å². The van der Waals surface area contributed by atoms with Gasteiger partial charge in [0.15, 0.2) is 0 Å². The molecule has 132 valence electrons. The molecule has 0 amide bonds. The number of halogens is 2. The normalized spacial score (nSPS) is 10.3. The van der Waals surface area contributed by atoms with Crippen LogP contribution in [0.25, 0.3) is 22.3 Å². The zero-order chi connectivity index (χ0) is 18.5. The van der Waals surface area contributed by atoms with Gasteiger partial charge < -0.3 is 5.73 Å². The molecule has 2 N–H and O–H groups in total. The SMILES string of the molecule is Cc1sc(Cl)cc1-c1ccccc1.Nc1sc(Cl)cc1-c1ccccc1. The molecule has 26 heavy (non-hydrogen) atoms. The minimum absolute atomic E-state index is 0.733. The molecule has 2 heterocycles. The van der Waals surface area contributed by atoms with Crippen molar-refractivity contribution in [1.29, 1.82) is 0 Å². The highest BCUT2D eigenvalue weighted by atomic mass is 35.5. The van der Waals surface area contributed by atoms with Crippen molar-refractivity contribution >= 4 is 50.9 Å². The summed E-state index contributed by atoms with van der Waals surface area (Å²) in [6.07, 6.45) is 0. The van der Waals surface area contributed by atoms with Crippen LogP contribution in [-0.2, 0) is 0 Å². The second kappa shape index (κ2) is 8.74. The summed E-state index contributed by atoms with van der Waals surface area (Å²) in [6, 6.07) is 24.2. The van der Waals surface area contributed by atoms with Gasteiger partial charge in [0, 0.05) is 10.4 Å². The van der Waals surface area contributed by atoms with Crippen LogP contribution in [0.1, 0.15) is 4.88 Å². The number of hydrogen-bond donors (Lipinski definition) is 1. The molecule has 0 aliphatic heterocycles. The van der Waals surface area contributed by atoms with Crippen molar-refractivity contribution in [2.45, 2.75) is 6.92 Å². The Morgan fingerprint density at radius 1 is 0.692 bits per heavy atom. The van der Waals surface area contributed by atoms with Gasteiger partial charge in [-0.15, -0.1) is 22.7 Å². The Morgan fingerprint density at radius 2 is 1.15 bits per heavy atom. The number of hydrogen-bond acceptors (Lipinski definition) is 3. The molecule has 0 unspecified atom stereocenters. The summed E-state index contributed by atoms with van der Waals surface area (Å²) >= 11 is 14.8. The van der Waals surface area contributed by atoms with Gasteiger partial charge in [-0.3, -0.25) is 0 Å². The van der Waals surface area contributed by atoms with Crippen molar-refractivity contribution in [3.05, 3.63) is 86.3 Å². The number of anilines is 1. The Morgan fingerprint density at radius 3 is 1.58 bits per heavy atom. The molecule has 2 aromatic heterocycles. The first kappa shape index (κ1) is 19.0. The summed E-state index contributed by atoms with van der Waals surface area (Å²) in [4.78, 5) is 1.27. The highest BCUT2D eigenvalue weighted by Gasteiger charge is 2.06. The molecular formula is C21H17Cl2NS2. The lowest BCUT2D eigenvalue weighted by atomic mass is 10.1. The monoisotopic (exact) mass is 417 g/mol. The molecule has 2 aromatic carbocycles. The van der Waals surface area contributed by atoms with Crippen molar-refractivity contribution in [3.8, 4) is 22.3 Å². The molecule has 0 aliphatic carbocycles. The van der Waals surface area contributed by atoms with Gasteiger partial charge in [0.1, 0.15) is 0 Å². The second-order valence-electron chi connectivity index (χ2n) is 5.58. The fourth-order valence-electron chi connectivity index (χ4n) is 2.57. The lowest BCUT2D eigenvalue weighted by Crippen LogP contribution is -1.82. The number of rotatable bonds is 2. The van der Waals surface area contributed by atoms with Gasteiger partial charge in [-0.05, 0) is 35.7 Å². The summed E-state index contributed by atoms with van der Waals surface area (Å²) in [5, 5.41) is 0.774. The summed E-state index contributed by atoms with van der Waals surface area (Å²) in [6.45, 7) is 2.10. The van der Waals surface area contributed by atoms with Gasteiger partial charge in [-0.2, -0.15) is 0 Å². The Hall–Kier alpha value is -1.78. The highest BCUT2D eigenvalue weighted by Crippen LogP contribution is 2.36. The van der Waals surface area contributed by atoms with Crippen LogP contribution in [0.4, 0.5) is 5.00 Å². The van der Waals surface area contributed by atoms with E-state index in [0.717, 1.165) is 24.8 Å². The Balaban J connectivity index is 0.000000151. The van der Waals surface area contributed by atoms with Gasteiger partial charge in [0.25, 0.3) is 0 Å². The quantitative estimate of drug-likeness (QED) is 0.350. The van der Waals surface area contributed by atoms with E-state index in [4.69, 9.17) is 28.9 Å². The Labute approximate surface area is 171 Å². The molecule has 4 rings (SSSR count). The van der Waals surface area contributed by atoms with E-state index in [1.807, 2.05) is 60.7 Å². The minimum Gasteiger partial charge on any atom is -0.390 e. The third-order valence-corrected chi connectivity index (χ3v) is 6.06. The van der Waals surface area contributed by atoms with Crippen molar-refractivity contribution in [2.75, 3.05) is 5.73 Å². The highest BCUT2D eigenvalue weighted by molar-refractivity contribution is 7.20. The van der Waals surface area contributed by atoms with Crippen LogP contribution >= 0.6 is 45.9 Å². The third-order valence-electron chi connectivity index (χ3n) is 3.79. The predicted molar refractivity (Wildman–Crippen MR) is 119 cm³/mol. The average molecular weight is 418 g/mol. The van der Waals surface area contributed by atoms with Crippen LogP contribution in [0, 0.1) is 6.92 Å². The summed E-state index contributed by atoms with van der Waals surface area (Å²) < 4.78 is 1.59. The largest absolute Gasteiger partial charge is 0.390 e. The van der Waals surface area contributed by atoms with E-state index in [0.29, 0.717) is 0 Å². The maximum Gasteiger partial charge on any atom is 0.0956 e. The minimum atomic E-state index is 0.733. The summed E-state index contributed by atoms with van der Waals surface area (Å²) in [5.74, 6) is 0. The molecule has 0 radical (unpaired) electrons. The van der Waals surface area contributed by atoms with Crippen LogP contribution in [0.3, 0.4) is 0 Å². The zero-order valence-corrected chi connectivity index (χ0v) is 17.2. The Kier molecular flexibility index (Phi) is 6.38. The fraction of sp³-hybridized carbons (Fsp3) is 0.0476. The van der Waals surface area contributed by atoms with Crippen LogP contribution in [0.5, 0.6) is 0 Å². The van der Waals surface area contributed by atoms with Crippen LogP contribution in [-0.4, -0.2) is 0 Å². The molecule has 5 heteroatoms. The van der Waals surface area contributed by atoms with Crippen molar-refractivity contribution < 1.29 is 0 Å². The first-order valence-electron chi connectivity index (χ1n) is 7.96. The van der Waals surface area contributed by atoms with E-state index < -0.39 is 0 Å². The maximum atomic E-state index is 5.93. The number of thiophene rings is 2. The van der Waals surface area contributed by atoms with Gasteiger partial charge in [0.2, 0.25) is 0 Å². The predicted octanol–water partition coefficient (Wildman–Crippen LogP) is 8.03. The van der Waals surface area contributed by atoms with Crippen LogP contribution < -0.4 is 5.73 Å². The molecule has 4 aromatic rings. The van der Waals surface area contributed by atoms with E-state index >= 15 is 0 Å². The van der Waals surface area contributed by atoms with Crippen molar-refractivity contribution in [2.24, 2.45) is 0 Å². The van der Waals surface area contributed by atoms with Gasteiger partial charge in [-0.25, -0.2) is 0 Å². The van der Waals surface area contributed by atoms with E-state index in [9.17, 15) is 0 Å². The number of benzene rings is 2. The van der Waals surface area contributed by atoms with Crippen LogP contribution in [0.2, 0.25) is 8.67 Å². The molecule has 1 nitrogen and oxygen atoms in total. The smallest absolute Gasteiger partial charge is 0.0956 e. The van der Waals surface area contributed by atoms with Gasteiger partial charge in [0.05, 0.1) is 13.7 Å². The number of nitrogens with two attached hydrogens (primary N) is 1. The first-order chi connectivity index (χ1) is 12.5. The molecule has 0 saturated heterocycles. The summed E-state index contributed by atoms with van der Waals surface area (Å²) in [7, 11) is 0. The number of aryl methyl sites for hydroxylation is 1. The lowest BCUT2D eigenvalue weighted by Gasteiger charge is -1.97. The maximum absolute atomic E-state index is 5.93. The van der Waals surface area contributed by atoms with E-state index in [-0.39, 0.29) is 0 Å². The molecule has 0 spiro atoms. The molecule has 0 aliphatic rings. The molecule has 0 bridgehead atoms. The molecule has 0 saturated carbocycles. The molecule has 0 fully saturated rings. The molecular weight excluding hydrogens is 401 g/mol. The van der Waals surface area contributed by atoms with Crippen molar-refractivity contribution in [1.82, 2.24) is 0 Å². The Bertz CT molecular complexity index is 894. The average Bonchev–Trinajstić information content (AvgIpc) is 3.17. The fourth-order valence-corrected chi connectivity index (χ4v) is 4.81. The summed E-state index contributed by atoms with van der Waals surface area (Å²) in [5.41, 5.74) is 10.4. The molecule has 0 atom stereocenters. The van der Waals surface area contributed by atoms with Crippen molar-refractivity contribution in [3.63, 3.8) is 0 Å². The van der Waals surface area contributed by atoms with Gasteiger partial charge in [-0.1, -0.05) is 83.9 Å². The van der Waals surface area contributed by atoms with Gasteiger partial charge >= 0.3 is 0 Å². The number of nitrogen functional groups attached to an aromatic ring is 1. The topological polar surface area (TPSA) is 26.0 Å². The van der Waals surface area contributed by atoms with E-state index in [1.54, 1.807) is 11.3 Å². The second-order valence-corrected chi connectivity index (χ2v) is 9.18. The lowest BCUT2D eigenvalue weighted by molar-refractivity contribution is 1.58.